The summed E-state index contributed by atoms with van der Waals surface area (Å²) >= 11 is 1.49. The molecule has 0 saturated carbocycles. The maximum absolute atomic E-state index is 12.3. The van der Waals surface area contributed by atoms with Gasteiger partial charge in [-0.25, -0.2) is 4.79 Å². The molecule has 2 rings (SSSR count). The van der Waals surface area contributed by atoms with Crippen LogP contribution < -0.4 is 16.4 Å². The van der Waals surface area contributed by atoms with Crippen LogP contribution in [0.1, 0.15) is 30.5 Å². The summed E-state index contributed by atoms with van der Waals surface area (Å²) in [4.78, 5) is 24.1. The molecule has 132 valence electrons. The third-order valence-electron chi connectivity index (χ3n) is 3.74. The molecule has 0 bridgehead atoms. The molecule has 0 heterocycles. The Hall–Kier alpha value is -2.47. The van der Waals surface area contributed by atoms with Crippen LogP contribution >= 0.6 is 11.8 Å². The van der Waals surface area contributed by atoms with E-state index < -0.39 is 0 Å². The number of primary amides is 1. The Labute approximate surface area is 152 Å². The molecule has 1 unspecified atom stereocenters. The van der Waals surface area contributed by atoms with Gasteiger partial charge in [0, 0.05) is 17.1 Å². The van der Waals surface area contributed by atoms with Crippen LogP contribution in [0.4, 0.5) is 10.5 Å². The predicted molar refractivity (Wildman–Crippen MR) is 103 cm³/mol. The molecule has 0 aliphatic carbocycles. The second-order valence-electron chi connectivity index (χ2n) is 5.74. The maximum Gasteiger partial charge on any atom is 0.319 e. The highest BCUT2D eigenvalue weighted by Gasteiger charge is 2.12. The van der Waals surface area contributed by atoms with E-state index >= 15 is 0 Å². The fourth-order valence-corrected chi connectivity index (χ4v) is 3.44. The molecule has 4 N–H and O–H groups in total. The van der Waals surface area contributed by atoms with Gasteiger partial charge in [-0.2, -0.15) is 0 Å². The maximum atomic E-state index is 12.3. The molecule has 25 heavy (non-hydrogen) atoms. The summed E-state index contributed by atoms with van der Waals surface area (Å²) in [6, 6.07) is 15.1. The topological polar surface area (TPSA) is 84.2 Å². The highest BCUT2D eigenvalue weighted by Crippen LogP contribution is 2.27. The lowest BCUT2D eigenvalue weighted by molar-refractivity contribution is -0.117. The van der Waals surface area contributed by atoms with Gasteiger partial charge in [0.15, 0.2) is 0 Å². The molecule has 2 aromatic rings. The minimum Gasteiger partial charge on any atom is -0.370 e. The average Bonchev–Trinajstić information content (AvgIpc) is 2.56. The van der Waals surface area contributed by atoms with Crippen LogP contribution in [0.25, 0.3) is 0 Å². The summed E-state index contributed by atoms with van der Waals surface area (Å²) in [5.74, 6) is 0.248. The van der Waals surface area contributed by atoms with Gasteiger partial charge in [0.1, 0.15) is 0 Å². The van der Waals surface area contributed by atoms with E-state index in [9.17, 15) is 9.59 Å². The second-order valence-corrected chi connectivity index (χ2v) is 6.87. The highest BCUT2D eigenvalue weighted by atomic mass is 32.2. The van der Waals surface area contributed by atoms with Crippen molar-refractivity contribution in [2.24, 2.45) is 5.73 Å². The molecule has 3 amide bonds. The number of hydrogen-bond donors (Lipinski definition) is 3. The second kappa shape index (κ2) is 9.13. The zero-order valence-electron chi connectivity index (χ0n) is 14.4. The number of nitrogens with one attached hydrogen (secondary N) is 2. The van der Waals surface area contributed by atoms with E-state index in [1.54, 1.807) is 0 Å². The molecule has 0 saturated heterocycles. The lowest BCUT2D eigenvalue weighted by atomic mass is 10.0. The molecular formula is C19H23N3O2S. The predicted octanol–water partition coefficient (Wildman–Crippen LogP) is 3.85. The Kier molecular flexibility index (Phi) is 6.89. The first kappa shape index (κ1) is 18.9. The molecule has 0 aromatic heterocycles. The van der Waals surface area contributed by atoms with Crippen molar-refractivity contribution in [2.75, 3.05) is 11.1 Å². The number of carbonyl (C=O) groups excluding carboxylic acids is 2. The number of para-hydroxylation sites is 1. The standard InChI is InChI=1S/C19H23N3O2S/c1-13-7-3-4-8-15(13)14(2)21-19(24)22-16-9-5-6-10-17(16)25-12-11-18(20)23/h3-10,14H,11-12H2,1-2H3,(H2,20,23)(H2,21,22,24). The third-order valence-corrected chi connectivity index (χ3v) is 4.82. The number of anilines is 1. The monoisotopic (exact) mass is 357 g/mol. The quantitative estimate of drug-likeness (QED) is 0.658. The molecule has 0 fully saturated rings. The molecule has 0 aliphatic rings. The van der Waals surface area contributed by atoms with E-state index in [1.165, 1.54) is 11.8 Å². The van der Waals surface area contributed by atoms with Gasteiger partial charge in [-0.1, -0.05) is 36.4 Å². The first-order valence-corrected chi connectivity index (χ1v) is 9.09. The summed E-state index contributed by atoms with van der Waals surface area (Å²) in [6.45, 7) is 3.98. The minimum absolute atomic E-state index is 0.101. The van der Waals surface area contributed by atoms with Crippen LogP contribution in [0.2, 0.25) is 0 Å². The van der Waals surface area contributed by atoms with Gasteiger partial charge in [0.25, 0.3) is 0 Å². The van der Waals surface area contributed by atoms with Gasteiger partial charge < -0.3 is 16.4 Å². The van der Waals surface area contributed by atoms with Gasteiger partial charge in [-0.3, -0.25) is 4.79 Å². The number of carbonyl (C=O) groups is 2. The van der Waals surface area contributed by atoms with Crippen LogP contribution in [-0.2, 0) is 4.79 Å². The number of amides is 3. The Morgan fingerprint density at radius 1 is 1.12 bits per heavy atom. The van der Waals surface area contributed by atoms with Crippen molar-refractivity contribution >= 4 is 29.4 Å². The summed E-state index contributed by atoms with van der Waals surface area (Å²) in [5.41, 5.74) is 8.10. The lowest BCUT2D eigenvalue weighted by Crippen LogP contribution is -2.31. The molecule has 0 aliphatic heterocycles. The van der Waals surface area contributed by atoms with Gasteiger partial charge in [-0.15, -0.1) is 11.8 Å². The molecule has 5 nitrogen and oxygen atoms in total. The number of nitrogens with two attached hydrogens (primary N) is 1. The molecule has 0 spiro atoms. The lowest BCUT2D eigenvalue weighted by Gasteiger charge is -2.18. The van der Waals surface area contributed by atoms with E-state index in [4.69, 9.17) is 5.73 Å². The molecule has 0 radical (unpaired) electrons. The van der Waals surface area contributed by atoms with Crippen molar-refractivity contribution in [1.82, 2.24) is 5.32 Å². The summed E-state index contributed by atoms with van der Waals surface area (Å²) in [6.07, 6.45) is 0.301. The first-order valence-electron chi connectivity index (χ1n) is 8.10. The Bertz CT molecular complexity index is 749. The van der Waals surface area contributed by atoms with Crippen molar-refractivity contribution < 1.29 is 9.59 Å². The van der Waals surface area contributed by atoms with Crippen molar-refractivity contribution in [3.63, 3.8) is 0 Å². The number of benzene rings is 2. The molecule has 2 aromatic carbocycles. The number of urea groups is 1. The highest BCUT2D eigenvalue weighted by molar-refractivity contribution is 7.99. The Morgan fingerprint density at radius 3 is 2.52 bits per heavy atom. The van der Waals surface area contributed by atoms with E-state index in [0.29, 0.717) is 17.9 Å². The number of thioether (sulfide) groups is 1. The molecule has 6 heteroatoms. The van der Waals surface area contributed by atoms with Gasteiger partial charge in [0.2, 0.25) is 5.91 Å². The van der Waals surface area contributed by atoms with E-state index in [2.05, 4.69) is 10.6 Å². The van der Waals surface area contributed by atoms with E-state index in [0.717, 1.165) is 16.0 Å². The first-order chi connectivity index (χ1) is 12.0. The molecular weight excluding hydrogens is 334 g/mol. The fraction of sp³-hybridized carbons (Fsp3) is 0.263. The van der Waals surface area contributed by atoms with Gasteiger partial charge in [-0.05, 0) is 37.1 Å². The number of hydrogen-bond acceptors (Lipinski definition) is 3. The SMILES string of the molecule is Cc1ccccc1C(C)NC(=O)Nc1ccccc1SCCC(N)=O. The minimum atomic E-state index is -0.331. The van der Waals surface area contributed by atoms with Crippen LogP contribution in [0.3, 0.4) is 0 Å². The number of rotatable bonds is 7. The largest absolute Gasteiger partial charge is 0.370 e. The van der Waals surface area contributed by atoms with E-state index in [-0.39, 0.29) is 18.0 Å². The summed E-state index contributed by atoms with van der Waals surface area (Å²) in [7, 11) is 0. The number of aryl methyl sites for hydroxylation is 1. The molecule has 1 atom stereocenters. The summed E-state index contributed by atoms with van der Waals surface area (Å²) < 4.78 is 0. The Balaban J connectivity index is 1.98. The van der Waals surface area contributed by atoms with Crippen LogP contribution in [0.5, 0.6) is 0 Å². The zero-order valence-corrected chi connectivity index (χ0v) is 15.2. The average molecular weight is 357 g/mol. The van der Waals surface area contributed by atoms with Crippen molar-refractivity contribution in [1.29, 1.82) is 0 Å². The Morgan fingerprint density at radius 2 is 1.80 bits per heavy atom. The van der Waals surface area contributed by atoms with Gasteiger partial charge >= 0.3 is 6.03 Å². The van der Waals surface area contributed by atoms with Crippen LogP contribution in [0.15, 0.2) is 53.4 Å². The fourth-order valence-electron chi connectivity index (χ4n) is 2.46. The van der Waals surface area contributed by atoms with Crippen LogP contribution in [0, 0.1) is 6.92 Å². The smallest absolute Gasteiger partial charge is 0.319 e. The van der Waals surface area contributed by atoms with Gasteiger partial charge in [0.05, 0.1) is 11.7 Å². The van der Waals surface area contributed by atoms with Crippen molar-refractivity contribution in [3.8, 4) is 0 Å². The zero-order chi connectivity index (χ0) is 18.2. The van der Waals surface area contributed by atoms with Crippen molar-refractivity contribution in [2.45, 2.75) is 31.2 Å². The summed E-state index contributed by atoms with van der Waals surface area (Å²) in [5, 5.41) is 5.84. The normalized spacial score (nSPS) is 11.6. The van der Waals surface area contributed by atoms with Crippen LogP contribution in [-0.4, -0.2) is 17.7 Å². The third kappa shape index (κ3) is 5.83. The van der Waals surface area contributed by atoms with E-state index in [1.807, 2.05) is 62.4 Å². The van der Waals surface area contributed by atoms with Crippen molar-refractivity contribution in [3.05, 3.63) is 59.7 Å².